The number of halogens is 1. The normalized spacial score (nSPS) is 23.5. The van der Waals surface area contributed by atoms with Gasteiger partial charge in [-0.15, -0.1) is 0 Å². The van der Waals surface area contributed by atoms with Gasteiger partial charge in [-0.3, -0.25) is 14.5 Å². The molecule has 0 aliphatic carbocycles. The lowest BCUT2D eigenvalue weighted by molar-refractivity contribution is -0.135. The molecule has 1 N–H and O–H groups in total. The van der Waals surface area contributed by atoms with Crippen LogP contribution in [-0.2, 0) is 9.59 Å². The van der Waals surface area contributed by atoms with E-state index < -0.39 is 5.54 Å². The van der Waals surface area contributed by atoms with Gasteiger partial charge in [0.15, 0.2) is 0 Å². The molecule has 1 atom stereocenters. The van der Waals surface area contributed by atoms with Gasteiger partial charge in [-0.25, -0.2) is 0 Å². The van der Waals surface area contributed by atoms with Gasteiger partial charge in [-0.1, -0.05) is 13.0 Å². The number of amides is 2. The minimum absolute atomic E-state index is 0.0656. The van der Waals surface area contributed by atoms with E-state index in [1.54, 1.807) is 11.8 Å². The highest BCUT2D eigenvalue weighted by atomic mass is 79.9. The molecule has 2 amide bonds. The zero-order valence-electron chi connectivity index (χ0n) is 11.3. The first-order valence-electron chi connectivity index (χ1n) is 6.26. The van der Waals surface area contributed by atoms with Gasteiger partial charge in [-0.2, -0.15) is 0 Å². The van der Waals surface area contributed by atoms with Gasteiger partial charge in [-0.05, 0) is 53.9 Å². The quantitative estimate of drug-likeness (QED) is 0.908. The number of piperazine rings is 1. The second kappa shape index (κ2) is 4.96. The Hall–Kier alpha value is -1.36. The fraction of sp³-hybridized carbons (Fsp3) is 0.429. The van der Waals surface area contributed by atoms with Crippen molar-refractivity contribution in [2.24, 2.45) is 0 Å². The summed E-state index contributed by atoms with van der Waals surface area (Å²) in [4.78, 5) is 25.9. The lowest BCUT2D eigenvalue weighted by Crippen LogP contribution is -2.65. The molecule has 102 valence electrons. The second-order valence-electron chi connectivity index (χ2n) is 5.08. The molecule has 1 aliphatic rings. The highest BCUT2D eigenvalue weighted by Gasteiger charge is 2.42. The second-order valence-corrected chi connectivity index (χ2v) is 5.93. The van der Waals surface area contributed by atoms with E-state index in [1.807, 2.05) is 32.0 Å². The predicted octanol–water partition coefficient (Wildman–Crippen LogP) is 2.39. The fourth-order valence-electron chi connectivity index (χ4n) is 2.18. The Balaban J connectivity index is 2.43. The number of anilines is 1. The zero-order valence-corrected chi connectivity index (χ0v) is 12.9. The lowest BCUT2D eigenvalue weighted by atomic mass is 9.94. The van der Waals surface area contributed by atoms with Gasteiger partial charge in [0, 0.05) is 4.47 Å². The summed E-state index contributed by atoms with van der Waals surface area (Å²) in [5.74, 6) is -0.199. The van der Waals surface area contributed by atoms with Crippen LogP contribution in [-0.4, -0.2) is 23.9 Å². The van der Waals surface area contributed by atoms with Crippen LogP contribution < -0.4 is 10.2 Å². The van der Waals surface area contributed by atoms with E-state index in [0.717, 1.165) is 15.7 Å². The average Bonchev–Trinajstić information content (AvgIpc) is 2.34. The van der Waals surface area contributed by atoms with Crippen LogP contribution in [0.5, 0.6) is 0 Å². The van der Waals surface area contributed by atoms with Crippen LogP contribution in [0.15, 0.2) is 22.7 Å². The molecule has 4 nitrogen and oxygen atoms in total. The van der Waals surface area contributed by atoms with Gasteiger partial charge in [0.1, 0.15) is 12.1 Å². The van der Waals surface area contributed by atoms with Crippen LogP contribution in [0.4, 0.5) is 5.69 Å². The van der Waals surface area contributed by atoms with E-state index >= 15 is 0 Å². The van der Waals surface area contributed by atoms with Crippen molar-refractivity contribution in [3.8, 4) is 0 Å². The molecule has 1 aromatic rings. The molecule has 2 rings (SSSR count). The highest BCUT2D eigenvalue weighted by Crippen LogP contribution is 2.31. The molecule has 0 bridgehead atoms. The molecule has 0 spiro atoms. The lowest BCUT2D eigenvalue weighted by Gasteiger charge is -2.39. The zero-order chi connectivity index (χ0) is 14.2. The number of hydrogen-bond acceptors (Lipinski definition) is 2. The molecule has 1 fully saturated rings. The van der Waals surface area contributed by atoms with E-state index in [9.17, 15) is 9.59 Å². The number of carbonyl (C=O) groups is 2. The Kier molecular flexibility index (Phi) is 3.67. The Bertz CT molecular complexity index is 544. The summed E-state index contributed by atoms with van der Waals surface area (Å²) in [5, 5.41) is 2.78. The van der Waals surface area contributed by atoms with Crippen molar-refractivity contribution in [1.29, 1.82) is 0 Å². The summed E-state index contributed by atoms with van der Waals surface area (Å²) in [6.07, 6.45) is 0.567. The molecule has 1 saturated heterocycles. The first kappa shape index (κ1) is 14.1. The van der Waals surface area contributed by atoms with Gasteiger partial charge < -0.3 is 5.32 Å². The van der Waals surface area contributed by atoms with Crippen LogP contribution in [0, 0.1) is 6.92 Å². The average molecular weight is 325 g/mol. The summed E-state index contributed by atoms with van der Waals surface area (Å²) in [6.45, 7) is 5.71. The summed E-state index contributed by atoms with van der Waals surface area (Å²) in [7, 11) is 0. The van der Waals surface area contributed by atoms with Gasteiger partial charge in [0.05, 0.1) is 5.69 Å². The number of aryl methyl sites for hydroxylation is 1. The van der Waals surface area contributed by atoms with Crippen molar-refractivity contribution in [1.82, 2.24) is 5.32 Å². The van der Waals surface area contributed by atoms with Crippen LogP contribution in [0.2, 0.25) is 0 Å². The molecule has 1 unspecified atom stereocenters. The Morgan fingerprint density at radius 1 is 1.42 bits per heavy atom. The van der Waals surface area contributed by atoms with Gasteiger partial charge >= 0.3 is 0 Å². The van der Waals surface area contributed by atoms with Crippen molar-refractivity contribution in [2.75, 3.05) is 11.4 Å². The number of benzene rings is 1. The molecule has 0 radical (unpaired) electrons. The predicted molar refractivity (Wildman–Crippen MR) is 78.1 cm³/mol. The van der Waals surface area contributed by atoms with Gasteiger partial charge in [0.2, 0.25) is 5.91 Å². The maximum absolute atomic E-state index is 12.6. The van der Waals surface area contributed by atoms with Crippen LogP contribution in [0.3, 0.4) is 0 Å². The number of rotatable bonds is 2. The number of nitrogens with one attached hydrogen (secondary N) is 1. The minimum atomic E-state index is -0.820. The van der Waals surface area contributed by atoms with E-state index in [-0.39, 0.29) is 18.4 Å². The molecular formula is C14H17BrN2O2. The number of hydrogen-bond donors (Lipinski definition) is 1. The first-order valence-corrected chi connectivity index (χ1v) is 7.06. The molecule has 1 aliphatic heterocycles. The SMILES string of the molecule is CCC1(C)NC(=O)CN(c2ccc(C)cc2Br)C1=O. The maximum Gasteiger partial charge on any atom is 0.252 e. The monoisotopic (exact) mass is 324 g/mol. The molecule has 5 heteroatoms. The number of nitrogens with zero attached hydrogens (tertiary/aromatic N) is 1. The third-order valence-corrected chi connectivity index (χ3v) is 4.17. The van der Waals surface area contributed by atoms with E-state index in [0.29, 0.717) is 6.42 Å². The molecule has 0 aromatic heterocycles. The summed E-state index contributed by atoms with van der Waals surface area (Å²) >= 11 is 3.46. The van der Waals surface area contributed by atoms with E-state index in [2.05, 4.69) is 21.2 Å². The fourth-order valence-corrected chi connectivity index (χ4v) is 2.89. The van der Waals surface area contributed by atoms with Crippen molar-refractivity contribution in [3.63, 3.8) is 0 Å². The molecule has 19 heavy (non-hydrogen) atoms. The Morgan fingerprint density at radius 2 is 2.11 bits per heavy atom. The van der Waals surface area contributed by atoms with Crippen LogP contribution in [0.25, 0.3) is 0 Å². The minimum Gasteiger partial charge on any atom is -0.340 e. The molecule has 1 heterocycles. The number of carbonyl (C=O) groups excluding carboxylic acids is 2. The van der Waals surface area contributed by atoms with Crippen LogP contribution in [0.1, 0.15) is 25.8 Å². The largest absolute Gasteiger partial charge is 0.340 e. The molecular weight excluding hydrogens is 308 g/mol. The Morgan fingerprint density at radius 3 is 2.68 bits per heavy atom. The first-order chi connectivity index (χ1) is 8.87. The molecule has 0 saturated carbocycles. The van der Waals surface area contributed by atoms with Gasteiger partial charge in [0.25, 0.3) is 5.91 Å². The maximum atomic E-state index is 12.6. The Labute approximate surface area is 121 Å². The summed E-state index contributed by atoms with van der Waals surface area (Å²) < 4.78 is 0.828. The van der Waals surface area contributed by atoms with Crippen molar-refractivity contribution >= 4 is 33.4 Å². The van der Waals surface area contributed by atoms with E-state index in [4.69, 9.17) is 0 Å². The smallest absolute Gasteiger partial charge is 0.252 e. The van der Waals surface area contributed by atoms with Crippen molar-refractivity contribution in [3.05, 3.63) is 28.2 Å². The standard InChI is InChI=1S/C14H17BrN2O2/c1-4-14(3)13(19)17(8-12(18)16-14)11-6-5-9(2)7-10(11)15/h5-7H,4,8H2,1-3H3,(H,16,18). The van der Waals surface area contributed by atoms with E-state index in [1.165, 1.54) is 0 Å². The summed E-state index contributed by atoms with van der Waals surface area (Å²) in [5.41, 5.74) is 1.02. The third kappa shape index (κ3) is 2.52. The topological polar surface area (TPSA) is 49.4 Å². The summed E-state index contributed by atoms with van der Waals surface area (Å²) in [6, 6.07) is 5.74. The highest BCUT2D eigenvalue weighted by molar-refractivity contribution is 9.10. The molecule has 1 aromatic carbocycles. The van der Waals surface area contributed by atoms with Crippen LogP contribution >= 0.6 is 15.9 Å². The van der Waals surface area contributed by atoms with Crippen molar-refractivity contribution < 1.29 is 9.59 Å². The third-order valence-electron chi connectivity index (χ3n) is 3.54. The van der Waals surface area contributed by atoms with Crippen molar-refractivity contribution in [2.45, 2.75) is 32.7 Å².